The molecule has 0 aliphatic carbocycles. The van der Waals surface area contributed by atoms with Crippen molar-refractivity contribution in [2.75, 3.05) is 12.1 Å². The minimum absolute atomic E-state index is 0.159. The third-order valence-corrected chi connectivity index (χ3v) is 4.55. The molecule has 0 saturated carbocycles. The van der Waals surface area contributed by atoms with Crippen LogP contribution in [-0.2, 0) is 4.79 Å². The lowest BCUT2D eigenvalue weighted by Crippen LogP contribution is -2.30. The number of halogens is 1. The number of benzene rings is 3. The third kappa shape index (κ3) is 4.25. The first-order valence-corrected chi connectivity index (χ1v) is 9.27. The highest BCUT2D eigenvalue weighted by molar-refractivity contribution is 6.09. The molecule has 0 bridgehead atoms. The average Bonchev–Trinajstić information content (AvgIpc) is 3.22. The lowest BCUT2D eigenvalue weighted by atomic mass is 10.0. The van der Waals surface area contributed by atoms with Crippen molar-refractivity contribution in [3.8, 4) is 17.2 Å². The molecule has 0 radical (unpaired) electrons. The Morgan fingerprint density at radius 3 is 2.27 bits per heavy atom. The minimum atomic E-state index is -0.769. The van der Waals surface area contributed by atoms with E-state index < -0.39 is 11.9 Å². The van der Waals surface area contributed by atoms with Crippen molar-refractivity contribution in [2.45, 2.75) is 13.0 Å². The van der Waals surface area contributed by atoms with Crippen molar-refractivity contribution < 1.29 is 28.2 Å². The fourth-order valence-electron chi connectivity index (χ4n) is 2.93. The second kappa shape index (κ2) is 8.24. The first-order valence-electron chi connectivity index (χ1n) is 9.27. The largest absolute Gasteiger partial charge is 0.481 e. The third-order valence-electron chi connectivity index (χ3n) is 4.55. The molecule has 7 heteroatoms. The molecule has 0 fully saturated rings. The first-order chi connectivity index (χ1) is 14.5. The van der Waals surface area contributed by atoms with E-state index in [1.54, 1.807) is 49.4 Å². The molecule has 4 rings (SSSR count). The van der Waals surface area contributed by atoms with E-state index in [0.717, 1.165) is 0 Å². The van der Waals surface area contributed by atoms with Gasteiger partial charge in [-0.05, 0) is 67.6 Å². The summed E-state index contributed by atoms with van der Waals surface area (Å²) < 4.78 is 29.2. The van der Waals surface area contributed by atoms with E-state index in [2.05, 4.69) is 5.32 Å². The van der Waals surface area contributed by atoms with Crippen LogP contribution in [-0.4, -0.2) is 24.6 Å². The molecule has 1 aliphatic heterocycles. The van der Waals surface area contributed by atoms with Crippen molar-refractivity contribution in [3.63, 3.8) is 0 Å². The molecule has 1 N–H and O–H groups in total. The molecule has 0 saturated heterocycles. The van der Waals surface area contributed by atoms with Gasteiger partial charge in [0, 0.05) is 22.9 Å². The number of amides is 1. The molecule has 3 aromatic rings. The van der Waals surface area contributed by atoms with E-state index in [-0.39, 0.29) is 18.5 Å². The predicted octanol–water partition coefficient (Wildman–Crippen LogP) is 4.19. The van der Waals surface area contributed by atoms with E-state index in [1.807, 2.05) is 0 Å². The summed E-state index contributed by atoms with van der Waals surface area (Å²) in [5, 5.41) is 2.76. The molecule has 6 nitrogen and oxygen atoms in total. The van der Waals surface area contributed by atoms with Gasteiger partial charge >= 0.3 is 0 Å². The number of hydrogen-bond acceptors (Lipinski definition) is 5. The quantitative estimate of drug-likeness (QED) is 0.620. The Balaban J connectivity index is 1.37. The molecular formula is C23H18FNO5. The minimum Gasteiger partial charge on any atom is -0.481 e. The van der Waals surface area contributed by atoms with E-state index in [9.17, 15) is 14.0 Å². The van der Waals surface area contributed by atoms with Crippen LogP contribution in [0.25, 0.3) is 0 Å². The lowest BCUT2D eigenvalue weighted by molar-refractivity contribution is -0.122. The van der Waals surface area contributed by atoms with Gasteiger partial charge in [-0.3, -0.25) is 9.59 Å². The highest BCUT2D eigenvalue weighted by Crippen LogP contribution is 2.34. The number of rotatable bonds is 6. The monoisotopic (exact) mass is 407 g/mol. The zero-order chi connectivity index (χ0) is 21.1. The van der Waals surface area contributed by atoms with Gasteiger partial charge in [-0.25, -0.2) is 4.39 Å². The predicted molar refractivity (Wildman–Crippen MR) is 108 cm³/mol. The number of hydrogen-bond donors (Lipinski definition) is 1. The molecule has 30 heavy (non-hydrogen) atoms. The second-order valence-electron chi connectivity index (χ2n) is 6.68. The zero-order valence-corrected chi connectivity index (χ0v) is 16.1. The van der Waals surface area contributed by atoms with Gasteiger partial charge in [0.2, 0.25) is 6.79 Å². The van der Waals surface area contributed by atoms with Crippen LogP contribution < -0.4 is 19.5 Å². The number of nitrogens with one attached hydrogen (secondary N) is 1. The molecule has 0 unspecified atom stereocenters. The smallest absolute Gasteiger partial charge is 0.265 e. The number of carbonyl (C=O) groups excluding carboxylic acids is 2. The Kier molecular flexibility index (Phi) is 5.34. The zero-order valence-electron chi connectivity index (χ0n) is 16.1. The lowest BCUT2D eigenvalue weighted by Gasteiger charge is -2.15. The van der Waals surface area contributed by atoms with Crippen LogP contribution in [0.4, 0.5) is 10.1 Å². The van der Waals surface area contributed by atoms with E-state index >= 15 is 0 Å². The summed E-state index contributed by atoms with van der Waals surface area (Å²) in [4.78, 5) is 24.8. The molecule has 3 aromatic carbocycles. The van der Waals surface area contributed by atoms with Gasteiger partial charge in [0.05, 0.1) is 0 Å². The summed E-state index contributed by atoms with van der Waals surface area (Å²) in [6.07, 6.45) is -0.769. The average molecular weight is 407 g/mol. The summed E-state index contributed by atoms with van der Waals surface area (Å²) in [6.45, 7) is 1.78. The number of carbonyl (C=O) groups is 2. The summed E-state index contributed by atoms with van der Waals surface area (Å²) in [5.41, 5.74) is 1.40. The second-order valence-corrected chi connectivity index (χ2v) is 6.68. The standard InChI is InChI=1S/C23H18FNO5/c1-14(23(27)25-18-8-11-20-21(12-18)29-13-28-20)30-19-9-4-16(5-10-19)22(26)15-2-6-17(24)7-3-15/h2-12,14H,13H2,1H3,(H,25,27)/t14-/m1/s1. The van der Waals surface area contributed by atoms with Gasteiger partial charge < -0.3 is 19.5 Å². The highest BCUT2D eigenvalue weighted by Gasteiger charge is 2.18. The Morgan fingerprint density at radius 1 is 0.933 bits per heavy atom. The van der Waals surface area contributed by atoms with Crippen molar-refractivity contribution in [3.05, 3.63) is 83.7 Å². The Hall–Kier alpha value is -3.87. The van der Waals surface area contributed by atoms with Gasteiger partial charge in [0.15, 0.2) is 23.4 Å². The SMILES string of the molecule is C[C@@H](Oc1ccc(C(=O)c2ccc(F)cc2)cc1)C(=O)Nc1ccc2c(c1)OCO2. The number of ketones is 1. The van der Waals surface area contributed by atoms with Crippen molar-refractivity contribution in [2.24, 2.45) is 0 Å². The molecule has 1 aliphatic rings. The molecule has 0 aromatic heterocycles. The maximum absolute atomic E-state index is 13.0. The van der Waals surface area contributed by atoms with Gasteiger partial charge in [-0.2, -0.15) is 0 Å². The first kappa shape index (κ1) is 19.4. The summed E-state index contributed by atoms with van der Waals surface area (Å²) in [6, 6.07) is 16.9. The van der Waals surface area contributed by atoms with Crippen molar-refractivity contribution in [1.82, 2.24) is 0 Å². The summed E-state index contributed by atoms with van der Waals surface area (Å²) in [7, 11) is 0. The fourth-order valence-corrected chi connectivity index (χ4v) is 2.93. The molecule has 152 valence electrons. The van der Waals surface area contributed by atoms with E-state index in [4.69, 9.17) is 14.2 Å². The number of fused-ring (bicyclic) bond motifs is 1. The van der Waals surface area contributed by atoms with Crippen LogP contribution in [0.2, 0.25) is 0 Å². The van der Waals surface area contributed by atoms with Crippen LogP contribution in [0.5, 0.6) is 17.2 Å². The summed E-state index contributed by atoms with van der Waals surface area (Å²) >= 11 is 0. The maximum Gasteiger partial charge on any atom is 0.265 e. The Bertz CT molecular complexity index is 1080. The van der Waals surface area contributed by atoms with Crippen LogP contribution in [0.15, 0.2) is 66.7 Å². The number of ether oxygens (including phenoxy) is 3. The summed E-state index contributed by atoms with van der Waals surface area (Å²) in [5.74, 6) is 0.688. The molecule has 1 amide bonds. The molecule has 1 atom stereocenters. The van der Waals surface area contributed by atoms with Crippen LogP contribution in [0, 0.1) is 5.82 Å². The fraction of sp³-hybridized carbons (Fsp3) is 0.130. The van der Waals surface area contributed by atoms with Crippen molar-refractivity contribution >= 4 is 17.4 Å². The van der Waals surface area contributed by atoms with Crippen LogP contribution in [0.3, 0.4) is 0 Å². The highest BCUT2D eigenvalue weighted by atomic mass is 19.1. The van der Waals surface area contributed by atoms with Crippen LogP contribution >= 0.6 is 0 Å². The normalized spacial score (nSPS) is 12.9. The molecular weight excluding hydrogens is 389 g/mol. The van der Waals surface area contributed by atoms with Gasteiger partial charge in [0.1, 0.15) is 11.6 Å². The van der Waals surface area contributed by atoms with Crippen molar-refractivity contribution in [1.29, 1.82) is 0 Å². The maximum atomic E-state index is 13.0. The van der Waals surface area contributed by atoms with E-state index in [1.165, 1.54) is 24.3 Å². The molecule has 0 spiro atoms. The Morgan fingerprint density at radius 2 is 1.57 bits per heavy atom. The van der Waals surface area contributed by atoms with E-state index in [0.29, 0.717) is 34.1 Å². The topological polar surface area (TPSA) is 73.9 Å². The van der Waals surface area contributed by atoms with Gasteiger partial charge in [-0.15, -0.1) is 0 Å². The van der Waals surface area contributed by atoms with Crippen LogP contribution in [0.1, 0.15) is 22.8 Å². The van der Waals surface area contributed by atoms with Gasteiger partial charge in [-0.1, -0.05) is 0 Å². The van der Waals surface area contributed by atoms with Gasteiger partial charge in [0.25, 0.3) is 5.91 Å². The molecule has 1 heterocycles. The Labute approximate surface area is 172 Å². The number of anilines is 1.